The normalized spacial score (nSPS) is 14.0. The summed E-state index contributed by atoms with van der Waals surface area (Å²) in [6, 6.07) is 15.2. The standard InChI is InChI=1S/C34H35F3N6O5/c1-21(44)40-29-18-30(39-20-38-29)47-25-10-11-26-22(16-25)6-5-7-27(26)31(45)41-24-9-8-23(28(17-24)34(35,36)37)19-42-12-14-43(15-13-42)32(46)48-33(2,3)4/h5-11,16-18,20H,12-15,19H2,1-4H3,(H,41,45)(H,38,39,40,44). The Balaban J connectivity index is 1.28. The third-order valence-corrected chi connectivity index (χ3v) is 7.36. The first-order chi connectivity index (χ1) is 22.6. The largest absolute Gasteiger partial charge is 0.444 e. The van der Waals surface area contributed by atoms with Gasteiger partial charge in [-0.15, -0.1) is 0 Å². The lowest BCUT2D eigenvalue weighted by Crippen LogP contribution is -2.49. The summed E-state index contributed by atoms with van der Waals surface area (Å²) in [5.41, 5.74) is -1.16. The number of halogens is 3. The number of carbonyl (C=O) groups excluding carboxylic acids is 3. The second-order valence-corrected chi connectivity index (χ2v) is 12.3. The molecule has 4 aromatic rings. The quantitative estimate of drug-likeness (QED) is 0.224. The monoisotopic (exact) mass is 664 g/mol. The maximum absolute atomic E-state index is 14.2. The van der Waals surface area contributed by atoms with E-state index in [-0.39, 0.29) is 41.0 Å². The minimum absolute atomic E-state index is 0.00140. The molecule has 0 atom stereocenters. The average molecular weight is 665 g/mol. The predicted molar refractivity (Wildman–Crippen MR) is 173 cm³/mol. The van der Waals surface area contributed by atoms with Gasteiger partial charge in [0.2, 0.25) is 11.8 Å². The fourth-order valence-electron chi connectivity index (χ4n) is 5.20. The van der Waals surface area contributed by atoms with Crippen LogP contribution < -0.4 is 15.4 Å². The Morgan fingerprint density at radius 2 is 1.65 bits per heavy atom. The number of hydrogen-bond acceptors (Lipinski definition) is 8. The zero-order chi connectivity index (χ0) is 34.6. The van der Waals surface area contributed by atoms with E-state index in [2.05, 4.69) is 20.6 Å². The van der Waals surface area contributed by atoms with Crippen LogP contribution in [0, 0.1) is 0 Å². The van der Waals surface area contributed by atoms with Crippen molar-refractivity contribution in [2.45, 2.75) is 46.0 Å². The number of rotatable bonds is 7. The number of nitrogens with zero attached hydrogens (tertiary/aromatic N) is 4. The fourth-order valence-corrected chi connectivity index (χ4v) is 5.20. The number of amides is 3. The SMILES string of the molecule is CC(=O)Nc1cc(Oc2ccc3c(C(=O)Nc4ccc(CN5CCN(C(=O)OC(C)(C)C)CC5)c(C(F)(F)F)c4)cccc3c2)ncn1. The second kappa shape index (κ2) is 13.9. The molecule has 1 fully saturated rings. The summed E-state index contributed by atoms with van der Waals surface area (Å²) >= 11 is 0. The van der Waals surface area contributed by atoms with Crippen LogP contribution in [-0.4, -0.2) is 69.5 Å². The van der Waals surface area contributed by atoms with E-state index >= 15 is 0 Å². The van der Waals surface area contributed by atoms with Gasteiger partial charge in [0, 0.05) is 57.0 Å². The van der Waals surface area contributed by atoms with Gasteiger partial charge in [0.15, 0.2) is 0 Å². The molecule has 1 aliphatic rings. The van der Waals surface area contributed by atoms with E-state index < -0.39 is 29.3 Å². The smallest absolute Gasteiger partial charge is 0.416 e. The van der Waals surface area contributed by atoms with Gasteiger partial charge in [-0.1, -0.05) is 18.2 Å². The average Bonchev–Trinajstić information content (AvgIpc) is 3.00. The molecular formula is C34H35F3N6O5. The van der Waals surface area contributed by atoms with Crippen molar-refractivity contribution in [3.8, 4) is 11.6 Å². The third-order valence-electron chi connectivity index (χ3n) is 7.36. The summed E-state index contributed by atoms with van der Waals surface area (Å²) in [6.07, 6.45) is -3.86. The topological polar surface area (TPSA) is 126 Å². The zero-order valence-corrected chi connectivity index (χ0v) is 26.9. The number of piperazine rings is 1. The lowest BCUT2D eigenvalue weighted by atomic mass is 10.0. The lowest BCUT2D eigenvalue weighted by molar-refractivity contribution is -0.138. The Kier molecular flexibility index (Phi) is 9.85. The highest BCUT2D eigenvalue weighted by molar-refractivity contribution is 6.13. The first kappa shape index (κ1) is 34.1. The molecule has 0 saturated carbocycles. The number of ether oxygens (including phenoxy) is 2. The molecule has 11 nitrogen and oxygen atoms in total. The van der Waals surface area contributed by atoms with Crippen molar-refractivity contribution in [3.63, 3.8) is 0 Å². The van der Waals surface area contributed by atoms with Crippen LogP contribution in [0.5, 0.6) is 11.6 Å². The number of nitrogens with one attached hydrogen (secondary N) is 2. The molecule has 3 amide bonds. The van der Waals surface area contributed by atoms with Gasteiger partial charge < -0.3 is 25.0 Å². The van der Waals surface area contributed by atoms with Crippen molar-refractivity contribution in [1.82, 2.24) is 19.8 Å². The van der Waals surface area contributed by atoms with Crippen LogP contribution in [0.1, 0.15) is 49.2 Å². The van der Waals surface area contributed by atoms with Crippen molar-refractivity contribution in [1.29, 1.82) is 0 Å². The van der Waals surface area contributed by atoms with E-state index in [0.29, 0.717) is 42.7 Å². The molecule has 3 aromatic carbocycles. The summed E-state index contributed by atoms with van der Waals surface area (Å²) in [5, 5.41) is 6.37. The first-order valence-corrected chi connectivity index (χ1v) is 15.2. The number of fused-ring (bicyclic) bond motifs is 1. The first-order valence-electron chi connectivity index (χ1n) is 15.2. The molecule has 0 bridgehead atoms. The Bertz CT molecular complexity index is 1830. The van der Waals surface area contributed by atoms with Gasteiger partial charge in [0.1, 0.15) is 23.5 Å². The number of aromatic nitrogens is 2. The van der Waals surface area contributed by atoms with E-state index in [1.54, 1.807) is 62.1 Å². The summed E-state index contributed by atoms with van der Waals surface area (Å²) in [4.78, 5) is 48.4. The Hall–Kier alpha value is -5.24. The second-order valence-electron chi connectivity index (χ2n) is 12.3. The molecule has 48 heavy (non-hydrogen) atoms. The van der Waals surface area contributed by atoms with Crippen LogP contribution in [-0.2, 0) is 22.3 Å². The van der Waals surface area contributed by atoms with Crippen LogP contribution in [0.15, 0.2) is 67.0 Å². The number of hydrogen-bond donors (Lipinski definition) is 2. The Morgan fingerprint density at radius 1 is 0.896 bits per heavy atom. The van der Waals surface area contributed by atoms with Gasteiger partial charge in [-0.05, 0) is 73.5 Å². The molecule has 5 rings (SSSR count). The summed E-state index contributed by atoms with van der Waals surface area (Å²) in [7, 11) is 0. The summed E-state index contributed by atoms with van der Waals surface area (Å²) in [5.74, 6) is -0.0110. The molecule has 0 radical (unpaired) electrons. The lowest BCUT2D eigenvalue weighted by Gasteiger charge is -2.36. The summed E-state index contributed by atoms with van der Waals surface area (Å²) < 4.78 is 53.8. The molecule has 2 heterocycles. The molecule has 14 heteroatoms. The van der Waals surface area contributed by atoms with Crippen LogP contribution in [0.2, 0.25) is 0 Å². The molecule has 0 spiro atoms. The van der Waals surface area contributed by atoms with Crippen LogP contribution in [0.4, 0.5) is 29.5 Å². The van der Waals surface area contributed by atoms with Gasteiger partial charge in [0.05, 0.1) is 5.56 Å². The number of benzene rings is 3. The third kappa shape index (κ3) is 8.76. The van der Waals surface area contributed by atoms with Crippen molar-refractivity contribution in [2.24, 2.45) is 0 Å². The highest BCUT2D eigenvalue weighted by Gasteiger charge is 2.35. The molecule has 0 unspecified atom stereocenters. The molecule has 1 aliphatic heterocycles. The van der Waals surface area contributed by atoms with Crippen molar-refractivity contribution >= 4 is 40.2 Å². The molecule has 1 saturated heterocycles. The predicted octanol–water partition coefficient (Wildman–Crippen LogP) is 6.70. The Labute approximate surface area is 275 Å². The van der Waals surface area contributed by atoms with Crippen LogP contribution >= 0.6 is 0 Å². The maximum atomic E-state index is 14.2. The van der Waals surface area contributed by atoms with Gasteiger partial charge in [-0.3, -0.25) is 14.5 Å². The van der Waals surface area contributed by atoms with Gasteiger partial charge in [-0.25, -0.2) is 14.8 Å². The molecule has 252 valence electrons. The number of anilines is 2. The molecule has 0 aliphatic carbocycles. The van der Waals surface area contributed by atoms with E-state index in [9.17, 15) is 27.6 Å². The van der Waals surface area contributed by atoms with Crippen molar-refractivity contribution in [2.75, 3.05) is 36.8 Å². The minimum Gasteiger partial charge on any atom is -0.444 e. The van der Waals surface area contributed by atoms with Crippen LogP contribution in [0.25, 0.3) is 10.8 Å². The van der Waals surface area contributed by atoms with Gasteiger partial charge >= 0.3 is 12.3 Å². The maximum Gasteiger partial charge on any atom is 0.416 e. The molecule has 1 aromatic heterocycles. The Morgan fingerprint density at radius 3 is 2.33 bits per heavy atom. The van der Waals surface area contributed by atoms with Crippen LogP contribution in [0.3, 0.4) is 0 Å². The van der Waals surface area contributed by atoms with E-state index in [0.717, 1.165) is 6.07 Å². The van der Waals surface area contributed by atoms with Crippen molar-refractivity contribution < 1.29 is 37.0 Å². The highest BCUT2D eigenvalue weighted by Crippen LogP contribution is 2.35. The van der Waals surface area contributed by atoms with Gasteiger partial charge in [-0.2, -0.15) is 13.2 Å². The number of alkyl halides is 3. The summed E-state index contributed by atoms with van der Waals surface area (Å²) in [6.45, 7) is 8.15. The zero-order valence-electron chi connectivity index (χ0n) is 26.9. The van der Waals surface area contributed by atoms with E-state index in [4.69, 9.17) is 9.47 Å². The molecular weight excluding hydrogens is 629 g/mol. The highest BCUT2D eigenvalue weighted by atomic mass is 19.4. The van der Waals surface area contributed by atoms with Gasteiger partial charge in [0.25, 0.3) is 5.91 Å². The van der Waals surface area contributed by atoms with Crippen molar-refractivity contribution in [3.05, 3.63) is 83.7 Å². The van der Waals surface area contributed by atoms with E-state index in [1.807, 2.05) is 4.90 Å². The van der Waals surface area contributed by atoms with E-state index in [1.165, 1.54) is 31.5 Å². The minimum atomic E-state index is -4.66. The fraction of sp³-hybridized carbons (Fsp3) is 0.324. The number of carbonyl (C=O) groups is 3. The molecule has 2 N–H and O–H groups in total.